The molecule has 29 heavy (non-hydrogen) atoms. The Morgan fingerprint density at radius 1 is 1.21 bits per heavy atom. The van der Waals surface area contributed by atoms with E-state index < -0.39 is 10.0 Å². The molecule has 0 aromatic heterocycles. The van der Waals surface area contributed by atoms with E-state index >= 15 is 0 Å². The second kappa shape index (κ2) is 9.15. The highest BCUT2D eigenvalue weighted by atomic mass is 35.5. The minimum Gasteiger partial charge on any atom is -0.492 e. The van der Waals surface area contributed by atoms with Crippen LogP contribution in [0.15, 0.2) is 47.4 Å². The first-order valence-electron chi connectivity index (χ1n) is 9.61. The smallest absolute Gasteiger partial charge is 0.243 e. The Labute approximate surface area is 176 Å². The van der Waals surface area contributed by atoms with Crippen molar-refractivity contribution >= 4 is 33.2 Å². The number of anilines is 1. The third-order valence-corrected chi connectivity index (χ3v) is 7.14. The number of aryl methyl sites for hydroxylation is 1. The zero-order chi connectivity index (χ0) is 21.0. The Bertz CT molecular complexity index is 986. The number of nitrogens with zero attached hydrogens (tertiary/aromatic N) is 1. The fourth-order valence-corrected chi connectivity index (χ4v) is 5.19. The molecule has 0 atom stereocenters. The van der Waals surface area contributed by atoms with E-state index in [1.165, 1.54) is 16.4 Å². The molecule has 0 radical (unpaired) electrons. The number of piperidine rings is 1. The van der Waals surface area contributed by atoms with Crippen LogP contribution in [0, 0.1) is 12.8 Å². The highest BCUT2D eigenvalue weighted by Gasteiger charge is 2.32. The van der Waals surface area contributed by atoms with Crippen molar-refractivity contribution < 1.29 is 17.9 Å². The highest BCUT2D eigenvalue weighted by molar-refractivity contribution is 7.89. The maximum atomic E-state index is 12.9. The van der Waals surface area contributed by atoms with Crippen LogP contribution in [0.3, 0.4) is 0 Å². The number of hydrogen-bond acceptors (Lipinski definition) is 4. The van der Waals surface area contributed by atoms with E-state index in [4.69, 9.17) is 16.3 Å². The predicted molar refractivity (Wildman–Crippen MR) is 114 cm³/mol. The number of hydrogen-bond donors (Lipinski definition) is 1. The van der Waals surface area contributed by atoms with E-state index in [0.29, 0.717) is 38.3 Å². The molecule has 2 aromatic carbocycles. The second-order valence-electron chi connectivity index (χ2n) is 7.06. The van der Waals surface area contributed by atoms with Gasteiger partial charge in [-0.3, -0.25) is 4.79 Å². The van der Waals surface area contributed by atoms with Gasteiger partial charge in [-0.05, 0) is 62.6 Å². The van der Waals surface area contributed by atoms with Crippen LogP contribution < -0.4 is 10.1 Å². The molecule has 1 aliphatic heterocycles. The van der Waals surface area contributed by atoms with Crippen molar-refractivity contribution in [2.75, 3.05) is 25.0 Å². The third-order valence-electron chi connectivity index (χ3n) is 4.95. The van der Waals surface area contributed by atoms with Crippen LogP contribution in [0.25, 0.3) is 0 Å². The lowest BCUT2D eigenvalue weighted by Crippen LogP contribution is -2.41. The molecule has 1 amide bonds. The minimum absolute atomic E-state index is 0.0724. The van der Waals surface area contributed by atoms with Crippen LogP contribution in [-0.2, 0) is 14.8 Å². The Hall–Kier alpha value is -2.09. The second-order valence-corrected chi connectivity index (χ2v) is 9.41. The molecule has 0 saturated carbocycles. The van der Waals surface area contributed by atoms with Crippen LogP contribution in [0.2, 0.25) is 5.02 Å². The summed E-state index contributed by atoms with van der Waals surface area (Å²) in [6, 6.07) is 12.1. The lowest BCUT2D eigenvalue weighted by atomic mass is 9.97. The van der Waals surface area contributed by atoms with Gasteiger partial charge >= 0.3 is 0 Å². The topological polar surface area (TPSA) is 75.7 Å². The quantitative estimate of drug-likeness (QED) is 0.740. The minimum atomic E-state index is -3.67. The lowest BCUT2D eigenvalue weighted by molar-refractivity contribution is -0.120. The lowest BCUT2D eigenvalue weighted by Gasteiger charge is -2.30. The van der Waals surface area contributed by atoms with E-state index in [1.807, 2.05) is 38.1 Å². The summed E-state index contributed by atoms with van der Waals surface area (Å²) in [7, 11) is -3.67. The molecule has 156 valence electrons. The van der Waals surface area contributed by atoms with Crippen molar-refractivity contribution in [1.82, 2.24) is 4.31 Å². The van der Waals surface area contributed by atoms with E-state index in [9.17, 15) is 13.2 Å². The van der Waals surface area contributed by atoms with Crippen molar-refractivity contribution in [3.05, 3.63) is 53.1 Å². The summed E-state index contributed by atoms with van der Waals surface area (Å²) in [5.41, 5.74) is 1.83. The summed E-state index contributed by atoms with van der Waals surface area (Å²) in [6.45, 7) is 4.83. The maximum absolute atomic E-state index is 12.9. The Morgan fingerprint density at radius 2 is 1.93 bits per heavy atom. The number of halogens is 1. The van der Waals surface area contributed by atoms with Gasteiger partial charge in [-0.25, -0.2) is 8.42 Å². The molecular formula is C21H25ClN2O4S. The molecular weight excluding hydrogens is 412 g/mol. The standard InChI is InChI=1S/C21H25ClN2O4S/c1-3-28-20-8-7-18(14-19(20)22)29(26,27)24-11-9-16(10-12-24)21(25)23-17-6-4-5-15(2)13-17/h4-8,13-14,16H,3,9-12H2,1-2H3,(H,23,25). The van der Waals surface area contributed by atoms with E-state index in [-0.39, 0.29) is 21.7 Å². The summed E-state index contributed by atoms with van der Waals surface area (Å²) in [5, 5.41) is 3.19. The summed E-state index contributed by atoms with van der Waals surface area (Å²) in [4.78, 5) is 12.7. The van der Waals surface area contributed by atoms with Gasteiger partial charge in [-0.15, -0.1) is 0 Å². The normalized spacial score (nSPS) is 15.8. The monoisotopic (exact) mass is 436 g/mol. The number of ether oxygens (including phenoxy) is 1. The van der Waals surface area contributed by atoms with Crippen LogP contribution in [0.1, 0.15) is 25.3 Å². The molecule has 3 rings (SSSR count). The zero-order valence-electron chi connectivity index (χ0n) is 16.5. The largest absolute Gasteiger partial charge is 0.492 e. The molecule has 1 fully saturated rings. The summed E-state index contributed by atoms with van der Waals surface area (Å²) >= 11 is 6.15. The van der Waals surface area contributed by atoms with Gasteiger partial charge in [0.05, 0.1) is 16.5 Å². The summed E-state index contributed by atoms with van der Waals surface area (Å²) in [6.07, 6.45) is 0.948. The molecule has 0 bridgehead atoms. The summed E-state index contributed by atoms with van der Waals surface area (Å²) in [5.74, 6) is 0.169. The van der Waals surface area contributed by atoms with Crippen molar-refractivity contribution in [3.63, 3.8) is 0 Å². The van der Waals surface area contributed by atoms with E-state index in [2.05, 4.69) is 5.32 Å². The van der Waals surface area contributed by atoms with E-state index in [1.54, 1.807) is 6.07 Å². The van der Waals surface area contributed by atoms with Crippen LogP contribution >= 0.6 is 11.6 Å². The van der Waals surface area contributed by atoms with Crippen molar-refractivity contribution in [3.8, 4) is 5.75 Å². The number of nitrogens with one attached hydrogen (secondary N) is 1. The maximum Gasteiger partial charge on any atom is 0.243 e. The predicted octanol–water partition coefficient (Wildman–Crippen LogP) is 4.09. The van der Waals surface area contributed by atoms with Gasteiger partial charge in [-0.1, -0.05) is 23.7 Å². The number of rotatable bonds is 6. The van der Waals surface area contributed by atoms with Crippen molar-refractivity contribution in [1.29, 1.82) is 0 Å². The highest BCUT2D eigenvalue weighted by Crippen LogP contribution is 2.30. The van der Waals surface area contributed by atoms with Gasteiger partial charge in [-0.2, -0.15) is 4.31 Å². The first kappa shape index (κ1) is 21.6. The third kappa shape index (κ3) is 5.10. The fraction of sp³-hybridized carbons (Fsp3) is 0.381. The molecule has 2 aromatic rings. The fourth-order valence-electron chi connectivity index (χ4n) is 3.39. The number of amides is 1. The molecule has 1 N–H and O–H groups in total. The first-order chi connectivity index (χ1) is 13.8. The Morgan fingerprint density at radius 3 is 2.55 bits per heavy atom. The molecule has 1 saturated heterocycles. The molecule has 0 spiro atoms. The molecule has 1 heterocycles. The van der Waals surface area contributed by atoms with Crippen molar-refractivity contribution in [2.45, 2.75) is 31.6 Å². The Balaban J connectivity index is 1.63. The summed E-state index contributed by atoms with van der Waals surface area (Å²) < 4.78 is 32.7. The molecule has 8 heteroatoms. The van der Waals surface area contributed by atoms with Gasteiger partial charge < -0.3 is 10.1 Å². The van der Waals surface area contributed by atoms with Crippen LogP contribution in [-0.4, -0.2) is 38.3 Å². The number of benzene rings is 2. The molecule has 1 aliphatic rings. The van der Waals surface area contributed by atoms with Gasteiger partial charge in [0.1, 0.15) is 5.75 Å². The number of sulfonamides is 1. The zero-order valence-corrected chi connectivity index (χ0v) is 18.1. The molecule has 0 aliphatic carbocycles. The van der Waals surface area contributed by atoms with Gasteiger partial charge in [0, 0.05) is 24.7 Å². The van der Waals surface area contributed by atoms with Crippen LogP contribution in [0.4, 0.5) is 5.69 Å². The van der Waals surface area contributed by atoms with Gasteiger partial charge in [0.25, 0.3) is 0 Å². The number of carbonyl (C=O) groups is 1. The SMILES string of the molecule is CCOc1ccc(S(=O)(=O)N2CCC(C(=O)Nc3cccc(C)c3)CC2)cc1Cl. The van der Waals surface area contributed by atoms with Crippen molar-refractivity contribution in [2.24, 2.45) is 5.92 Å². The molecule has 0 unspecified atom stereocenters. The Kier molecular flexibility index (Phi) is 6.82. The first-order valence-corrected chi connectivity index (χ1v) is 11.4. The van der Waals surface area contributed by atoms with Gasteiger partial charge in [0.2, 0.25) is 15.9 Å². The average Bonchev–Trinajstić information content (AvgIpc) is 2.69. The van der Waals surface area contributed by atoms with Gasteiger partial charge in [0.15, 0.2) is 0 Å². The number of carbonyl (C=O) groups excluding carboxylic acids is 1. The van der Waals surface area contributed by atoms with Crippen LogP contribution in [0.5, 0.6) is 5.75 Å². The molecule has 6 nitrogen and oxygen atoms in total. The average molecular weight is 437 g/mol. The van der Waals surface area contributed by atoms with E-state index in [0.717, 1.165) is 11.3 Å².